The van der Waals surface area contributed by atoms with Crippen molar-refractivity contribution in [1.82, 2.24) is 15.2 Å². The van der Waals surface area contributed by atoms with Crippen LogP contribution >= 0.6 is 0 Å². The molecule has 0 unspecified atom stereocenters. The van der Waals surface area contributed by atoms with E-state index < -0.39 is 11.5 Å². The van der Waals surface area contributed by atoms with E-state index in [1.807, 2.05) is 35.4 Å². The molecule has 1 aliphatic carbocycles. The molecule has 2 amide bonds. The van der Waals surface area contributed by atoms with Crippen LogP contribution in [0.2, 0.25) is 0 Å². The predicted octanol–water partition coefficient (Wildman–Crippen LogP) is 1.77. The topological polar surface area (TPSA) is 74.4 Å². The first-order valence-corrected chi connectivity index (χ1v) is 10.2. The maximum atomic E-state index is 13.2. The number of aromatic amines is 1. The van der Waals surface area contributed by atoms with Crippen LogP contribution in [0.5, 0.6) is 0 Å². The lowest BCUT2D eigenvalue weighted by molar-refractivity contribution is -0.137. The zero-order valence-electron chi connectivity index (χ0n) is 15.6. The Morgan fingerprint density at radius 3 is 3.04 bits per heavy atom. The van der Waals surface area contributed by atoms with E-state index in [4.69, 9.17) is 4.74 Å². The van der Waals surface area contributed by atoms with Crippen LogP contribution in [-0.2, 0) is 20.7 Å². The van der Waals surface area contributed by atoms with Crippen LogP contribution in [0.15, 0.2) is 42.6 Å². The van der Waals surface area contributed by atoms with E-state index in [1.165, 1.54) is 10.9 Å². The maximum absolute atomic E-state index is 13.2. The number of nitrogens with zero attached hydrogens (tertiary/aromatic N) is 1. The number of carbonyl (C=O) groups excluding carboxylic acids is 2. The van der Waals surface area contributed by atoms with Gasteiger partial charge >= 0.3 is 0 Å². The molecule has 6 nitrogen and oxygen atoms in total. The fourth-order valence-electron chi connectivity index (χ4n) is 5.19. The van der Waals surface area contributed by atoms with Crippen molar-refractivity contribution in [2.24, 2.45) is 11.8 Å². The molecule has 28 heavy (non-hydrogen) atoms. The van der Waals surface area contributed by atoms with Gasteiger partial charge in [-0.1, -0.05) is 30.4 Å². The third kappa shape index (κ3) is 2.30. The van der Waals surface area contributed by atoms with Crippen LogP contribution in [0.25, 0.3) is 10.9 Å². The minimum atomic E-state index is -0.618. The summed E-state index contributed by atoms with van der Waals surface area (Å²) in [5.41, 5.74) is 1.71. The molecule has 6 rings (SSSR count). The zero-order valence-corrected chi connectivity index (χ0v) is 15.6. The van der Waals surface area contributed by atoms with E-state index in [0.717, 1.165) is 24.8 Å². The van der Waals surface area contributed by atoms with Gasteiger partial charge in [-0.3, -0.25) is 9.59 Å². The highest BCUT2D eigenvalue weighted by molar-refractivity contribution is 5.93. The summed E-state index contributed by atoms with van der Waals surface area (Å²) < 4.78 is 6.19. The van der Waals surface area contributed by atoms with Gasteiger partial charge in [0, 0.05) is 29.7 Å². The summed E-state index contributed by atoms with van der Waals surface area (Å²) in [6.07, 6.45) is 8.63. The molecule has 1 spiro atoms. The molecule has 1 aromatic carbocycles. The van der Waals surface area contributed by atoms with Gasteiger partial charge in [0.25, 0.3) is 0 Å². The van der Waals surface area contributed by atoms with E-state index in [2.05, 4.69) is 22.4 Å². The Morgan fingerprint density at radius 2 is 2.18 bits per heavy atom. The Bertz CT molecular complexity index is 1010. The van der Waals surface area contributed by atoms with Crippen molar-refractivity contribution < 1.29 is 14.3 Å². The van der Waals surface area contributed by atoms with Crippen LogP contribution in [0.1, 0.15) is 18.4 Å². The highest BCUT2D eigenvalue weighted by Crippen LogP contribution is 2.52. The Labute approximate surface area is 162 Å². The lowest BCUT2D eigenvalue weighted by Crippen LogP contribution is -2.44. The molecule has 4 heterocycles. The molecule has 2 aromatic rings. The Morgan fingerprint density at radius 1 is 1.32 bits per heavy atom. The third-order valence-electron chi connectivity index (χ3n) is 6.73. The van der Waals surface area contributed by atoms with Gasteiger partial charge in [0.15, 0.2) is 0 Å². The molecular formula is C22H23N3O3. The van der Waals surface area contributed by atoms with E-state index in [0.29, 0.717) is 19.1 Å². The molecule has 3 aliphatic heterocycles. The maximum Gasteiger partial charge on any atom is 0.230 e. The van der Waals surface area contributed by atoms with Crippen LogP contribution < -0.4 is 5.32 Å². The van der Waals surface area contributed by atoms with Crippen molar-refractivity contribution in [3.05, 3.63) is 48.2 Å². The minimum absolute atomic E-state index is 0.0180. The van der Waals surface area contributed by atoms with Gasteiger partial charge in [-0.2, -0.15) is 0 Å². The normalized spacial score (nSPS) is 33.1. The highest BCUT2D eigenvalue weighted by atomic mass is 16.5. The molecule has 6 heteroatoms. The highest BCUT2D eigenvalue weighted by Gasteiger charge is 2.66. The summed E-state index contributed by atoms with van der Waals surface area (Å²) in [7, 11) is 0. The van der Waals surface area contributed by atoms with Crippen LogP contribution in [0, 0.1) is 11.8 Å². The van der Waals surface area contributed by atoms with E-state index in [1.54, 1.807) is 0 Å². The number of nitrogens with one attached hydrogen (secondary N) is 2. The summed E-state index contributed by atoms with van der Waals surface area (Å²) in [6.45, 7) is 1.18. The number of carbonyl (C=O) groups is 2. The number of hydrogen-bond donors (Lipinski definition) is 2. The fourth-order valence-corrected chi connectivity index (χ4v) is 5.19. The second-order valence-corrected chi connectivity index (χ2v) is 8.55. The van der Waals surface area contributed by atoms with Gasteiger partial charge in [-0.05, 0) is 30.9 Å². The van der Waals surface area contributed by atoms with Crippen LogP contribution in [0.4, 0.5) is 0 Å². The largest absolute Gasteiger partial charge is 0.361 e. The number of likely N-dealkylation sites (tertiary alicyclic amines) is 1. The van der Waals surface area contributed by atoms with Crippen molar-refractivity contribution in [2.45, 2.75) is 37.0 Å². The van der Waals surface area contributed by atoms with Crippen molar-refractivity contribution in [2.75, 3.05) is 13.1 Å². The van der Waals surface area contributed by atoms with Crippen molar-refractivity contribution in [1.29, 1.82) is 0 Å². The zero-order chi connectivity index (χ0) is 18.9. The second-order valence-electron chi connectivity index (χ2n) is 8.55. The number of H-pyrrole nitrogens is 1. The molecule has 4 aliphatic rings. The standard InChI is InChI=1S/C22H23N3O3/c26-20(24-14-5-6-14)18-17-7-9-22(28-17)12-25(21(27)19(18)22)10-8-13-11-23-16-4-2-1-3-15(13)16/h1-4,7,9,11,14,17-19,23H,5-6,8,10,12H2,(H,24,26)/t17-,18-,19-,22+/m0/s1. The molecule has 1 saturated carbocycles. The summed E-state index contributed by atoms with van der Waals surface area (Å²) in [4.78, 5) is 31.2. The van der Waals surface area contributed by atoms with Crippen molar-refractivity contribution in [3.8, 4) is 0 Å². The Hall–Kier alpha value is -2.60. The average Bonchev–Trinajstić information content (AvgIpc) is 3.06. The summed E-state index contributed by atoms with van der Waals surface area (Å²) >= 11 is 0. The molecule has 1 aromatic heterocycles. The number of amides is 2. The summed E-state index contributed by atoms with van der Waals surface area (Å²) in [5, 5.41) is 4.27. The molecule has 0 radical (unpaired) electrons. The smallest absolute Gasteiger partial charge is 0.230 e. The molecule has 2 saturated heterocycles. The quantitative estimate of drug-likeness (QED) is 0.780. The van der Waals surface area contributed by atoms with E-state index in [9.17, 15) is 9.59 Å². The molecular weight excluding hydrogens is 354 g/mol. The number of aromatic nitrogens is 1. The average molecular weight is 377 g/mol. The number of para-hydroxylation sites is 1. The monoisotopic (exact) mass is 377 g/mol. The summed E-state index contributed by atoms with van der Waals surface area (Å²) in [5.74, 6) is -0.737. The van der Waals surface area contributed by atoms with Gasteiger partial charge in [-0.25, -0.2) is 0 Å². The summed E-state index contributed by atoms with van der Waals surface area (Å²) in [6, 6.07) is 8.50. The second kappa shape index (κ2) is 5.70. The van der Waals surface area contributed by atoms with Gasteiger partial charge in [-0.15, -0.1) is 0 Å². The minimum Gasteiger partial charge on any atom is -0.361 e. The lowest BCUT2D eigenvalue weighted by Gasteiger charge is -2.23. The molecule has 2 bridgehead atoms. The van der Waals surface area contributed by atoms with Crippen molar-refractivity contribution >= 4 is 22.7 Å². The van der Waals surface area contributed by atoms with Gasteiger partial charge in [0.05, 0.1) is 24.5 Å². The number of hydrogen-bond acceptors (Lipinski definition) is 3. The van der Waals surface area contributed by atoms with Crippen molar-refractivity contribution in [3.63, 3.8) is 0 Å². The van der Waals surface area contributed by atoms with E-state index >= 15 is 0 Å². The Kier molecular flexibility index (Phi) is 3.33. The van der Waals surface area contributed by atoms with Gasteiger partial charge in [0.1, 0.15) is 5.60 Å². The number of ether oxygens (including phenoxy) is 1. The first-order valence-electron chi connectivity index (χ1n) is 10.2. The van der Waals surface area contributed by atoms with Crippen LogP contribution in [-0.4, -0.2) is 52.5 Å². The van der Waals surface area contributed by atoms with Crippen LogP contribution in [0.3, 0.4) is 0 Å². The number of rotatable bonds is 5. The predicted molar refractivity (Wildman–Crippen MR) is 103 cm³/mol. The van der Waals surface area contributed by atoms with Gasteiger partial charge in [0.2, 0.25) is 11.8 Å². The van der Waals surface area contributed by atoms with E-state index in [-0.39, 0.29) is 23.8 Å². The third-order valence-corrected chi connectivity index (χ3v) is 6.73. The first kappa shape index (κ1) is 16.4. The first-order chi connectivity index (χ1) is 13.6. The molecule has 4 atom stereocenters. The fraction of sp³-hybridized carbons (Fsp3) is 0.455. The number of fused-ring (bicyclic) bond motifs is 2. The Balaban J connectivity index is 1.21. The SMILES string of the molecule is O=C(NC1CC1)[C@H]1[C@@H]2C=C[C@]3(CN(CCc4c[nH]c5ccccc45)C(=O)[C@H]13)O2. The molecule has 144 valence electrons. The number of benzene rings is 1. The lowest BCUT2D eigenvalue weighted by atomic mass is 9.77. The molecule has 3 fully saturated rings. The van der Waals surface area contributed by atoms with Gasteiger partial charge < -0.3 is 19.9 Å². The molecule has 2 N–H and O–H groups in total.